The van der Waals surface area contributed by atoms with Crippen LogP contribution in [0.5, 0.6) is 0 Å². The number of rotatable bonds is 7. The third kappa shape index (κ3) is 3.21. The molecule has 1 aromatic heterocycles. The molecule has 6 heteroatoms. The topological polar surface area (TPSA) is 67.2 Å². The number of halogens is 1. The molecule has 0 aliphatic heterocycles. The minimum atomic E-state index is -0.873. The van der Waals surface area contributed by atoms with Gasteiger partial charge in [-0.3, -0.25) is 10.1 Å². The Morgan fingerprint density at radius 1 is 1.48 bits per heavy atom. The number of para-hydroxylation sites is 1. The summed E-state index contributed by atoms with van der Waals surface area (Å²) in [6.07, 6.45) is 1.33. The van der Waals surface area contributed by atoms with Crippen LogP contribution in [0.1, 0.15) is 32.5 Å². The van der Waals surface area contributed by atoms with Gasteiger partial charge in [-0.25, -0.2) is 9.37 Å². The zero-order valence-corrected chi connectivity index (χ0v) is 12.3. The van der Waals surface area contributed by atoms with E-state index in [-0.39, 0.29) is 5.82 Å². The van der Waals surface area contributed by atoms with Crippen LogP contribution in [0.4, 0.5) is 4.39 Å². The Hall–Kier alpha value is -1.95. The molecule has 5 nitrogen and oxygen atoms in total. The summed E-state index contributed by atoms with van der Waals surface area (Å²) in [5, 5.41) is 12.1. The van der Waals surface area contributed by atoms with Crippen LogP contribution in [0.2, 0.25) is 0 Å². The number of fused-ring (bicyclic) bond motifs is 1. The Kier molecular flexibility index (Phi) is 4.90. The summed E-state index contributed by atoms with van der Waals surface area (Å²) in [4.78, 5) is 15.4. The molecule has 1 atom stereocenters. The highest BCUT2D eigenvalue weighted by Crippen LogP contribution is 2.19. The summed E-state index contributed by atoms with van der Waals surface area (Å²) in [5.41, 5.74) is 1.06. The Morgan fingerprint density at radius 3 is 2.86 bits per heavy atom. The van der Waals surface area contributed by atoms with E-state index in [1.165, 1.54) is 6.07 Å². The molecule has 0 bridgehead atoms. The first kappa shape index (κ1) is 15.4. The number of aliphatic carboxylic acids is 1. The Balaban J connectivity index is 2.25. The second-order valence-electron chi connectivity index (χ2n) is 4.94. The molecule has 1 heterocycles. The van der Waals surface area contributed by atoms with Gasteiger partial charge in [0.2, 0.25) is 0 Å². The molecule has 0 radical (unpaired) electrons. The standard InChI is InChI=1S/C15H20FN3O2/c1-3-6-11(15(20)21)17-9-13-18-14-10(16)7-5-8-12(14)19(13)4-2/h5,7-8,11,17H,3-4,6,9H2,1-2H3,(H,20,21). The Bertz CT molecular complexity index is 639. The minimum Gasteiger partial charge on any atom is -0.480 e. The van der Waals surface area contributed by atoms with Crippen molar-refractivity contribution in [3.8, 4) is 0 Å². The Morgan fingerprint density at radius 2 is 2.24 bits per heavy atom. The lowest BCUT2D eigenvalue weighted by Gasteiger charge is -2.13. The van der Waals surface area contributed by atoms with E-state index in [0.717, 1.165) is 11.9 Å². The largest absolute Gasteiger partial charge is 0.480 e. The number of hydrogen-bond acceptors (Lipinski definition) is 3. The smallest absolute Gasteiger partial charge is 0.320 e. The molecule has 2 rings (SSSR count). The van der Waals surface area contributed by atoms with Crippen molar-refractivity contribution in [3.05, 3.63) is 29.8 Å². The average Bonchev–Trinajstić information content (AvgIpc) is 2.82. The lowest BCUT2D eigenvalue weighted by Crippen LogP contribution is -2.36. The van der Waals surface area contributed by atoms with Gasteiger partial charge in [-0.2, -0.15) is 0 Å². The summed E-state index contributed by atoms with van der Waals surface area (Å²) in [6.45, 7) is 4.85. The fourth-order valence-corrected chi connectivity index (χ4v) is 2.46. The van der Waals surface area contributed by atoms with Crippen LogP contribution in [-0.2, 0) is 17.9 Å². The van der Waals surface area contributed by atoms with Gasteiger partial charge in [0, 0.05) is 6.54 Å². The van der Waals surface area contributed by atoms with Gasteiger partial charge in [0.05, 0.1) is 12.1 Å². The summed E-state index contributed by atoms with van der Waals surface area (Å²) in [6, 6.07) is 4.24. The van der Waals surface area contributed by atoms with Gasteiger partial charge in [0.25, 0.3) is 0 Å². The van der Waals surface area contributed by atoms with Crippen LogP contribution in [0.3, 0.4) is 0 Å². The molecule has 0 saturated carbocycles. The SMILES string of the molecule is CCCC(NCc1nc2c(F)cccc2n1CC)C(=O)O. The monoisotopic (exact) mass is 293 g/mol. The summed E-state index contributed by atoms with van der Waals surface area (Å²) < 4.78 is 15.7. The summed E-state index contributed by atoms with van der Waals surface area (Å²) in [5.74, 6) is -0.577. The van der Waals surface area contributed by atoms with E-state index in [2.05, 4.69) is 10.3 Å². The molecule has 2 aromatic rings. The van der Waals surface area contributed by atoms with Crippen LogP contribution in [0, 0.1) is 5.82 Å². The highest BCUT2D eigenvalue weighted by atomic mass is 19.1. The van der Waals surface area contributed by atoms with E-state index < -0.39 is 12.0 Å². The van der Waals surface area contributed by atoms with E-state index in [4.69, 9.17) is 5.11 Å². The normalized spacial score (nSPS) is 12.7. The van der Waals surface area contributed by atoms with Gasteiger partial charge in [-0.05, 0) is 25.5 Å². The van der Waals surface area contributed by atoms with Crippen LogP contribution < -0.4 is 5.32 Å². The van der Waals surface area contributed by atoms with Crippen molar-refractivity contribution < 1.29 is 14.3 Å². The third-order valence-corrected chi connectivity index (χ3v) is 3.51. The van der Waals surface area contributed by atoms with Crippen LogP contribution >= 0.6 is 0 Å². The van der Waals surface area contributed by atoms with Gasteiger partial charge < -0.3 is 9.67 Å². The predicted octanol–water partition coefficient (Wildman–Crippen LogP) is 2.54. The third-order valence-electron chi connectivity index (χ3n) is 3.51. The molecule has 0 spiro atoms. The molecule has 1 unspecified atom stereocenters. The van der Waals surface area contributed by atoms with Gasteiger partial charge in [-0.15, -0.1) is 0 Å². The molecule has 0 aliphatic carbocycles. The quantitative estimate of drug-likeness (QED) is 0.823. The van der Waals surface area contributed by atoms with Gasteiger partial charge >= 0.3 is 5.97 Å². The van der Waals surface area contributed by atoms with Crippen molar-refractivity contribution in [2.45, 2.75) is 45.8 Å². The van der Waals surface area contributed by atoms with Crippen molar-refractivity contribution in [2.24, 2.45) is 0 Å². The number of nitrogens with one attached hydrogen (secondary N) is 1. The number of carboxylic acid groups (broad SMARTS) is 1. The summed E-state index contributed by atoms with van der Waals surface area (Å²) in [7, 11) is 0. The molecule has 1 aromatic carbocycles. The maximum Gasteiger partial charge on any atom is 0.320 e. The predicted molar refractivity (Wildman–Crippen MR) is 78.5 cm³/mol. The molecule has 21 heavy (non-hydrogen) atoms. The first-order chi connectivity index (χ1) is 10.1. The van der Waals surface area contributed by atoms with Gasteiger partial charge in [0.15, 0.2) is 5.82 Å². The highest BCUT2D eigenvalue weighted by Gasteiger charge is 2.18. The summed E-state index contributed by atoms with van der Waals surface area (Å²) >= 11 is 0. The first-order valence-electron chi connectivity index (χ1n) is 7.18. The van der Waals surface area contributed by atoms with Crippen molar-refractivity contribution >= 4 is 17.0 Å². The van der Waals surface area contributed by atoms with Crippen molar-refractivity contribution in [1.29, 1.82) is 0 Å². The molecule has 0 fully saturated rings. The number of imidazole rings is 1. The molecule has 2 N–H and O–H groups in total. The van der Waals surface area contributed by atoms with E-state index in [0.29, 0.717) is 30.9 Å². The number of aryl methyl sites for hydroxylation is 1. The maximum absolute atomic E-state index is 13.8. The zero-order valence-electron chi connectivity index (χ0n) is 12.3. The molecule has 114 valence electrons. The van der Waals surface area contributed by atoms with Gasteiger partial charge in [-0.1, -0.05) is 19.4 Å². The molecule has 0 saturated heterocycles. The van der Waals surface area contributed by atoms with E-state index >= 15 is 0 Å². The number of aromatic nitrogens is 2. The number of carbonyl (C=O) groups is 1. The van der Waals surface area contributed by atoms with Gasteiger partial charge in [0.1, 0.15) is 17.4 Å². The van der Waals surface area contributed by atoms with Crippen LogP contribution in [0.15, 0.2) is 18.2 Å². The van der Waals surface area contributed by atoms with E-state index in [1.807, 2.05) is 24.5 Å². The maximum atomic E-state index is 13.8. The number of carboxylic acids is 1. The van der Waals surface area contributed by atoms with Crippen molar-refractivity contribution in [2.75, 3.05) is 0 Å². The first-order valence-corrected chi connectivity index (χ1v) is 7.18. The van der Waals surface area contributed by atoms with Crippen molar-refractivity contribution in [1.82, 2.24) is 14.9 Å². The minimum absolute atomic E-state index is 0.304. The second kappa shape index (κ2) is 6.67. The van der Waals surface area contributed by atoms with Crippen molar-refractivity contribution in [3.63, 3.8) is 0 Å². The zero-order chi connectivity index (χ0) is 15.4. The van der Waals surface area contributed by atoms with E-state index in [9.17, 15) is 9.18 Å². The molecule has 0 amide bonds. The molecule has 0 aliphatic rings. The number of benzene rings is 1. The van der Waals surface area contributed by atoms with Crippen LogP contribution in [-0.4, -0.2) is 26.7 Å². The number of hydrogen-bond donors (Lipinski definition) is 2. The fourth-order valence-electron chi connectivity index (χ4n) is 2.46. The number of nitrogens with zero attached hydrogens (tertiary/aromatic N) is 2. The fraction of sp³-hybridized carbons (Fsp3) is 0.467. The molecular weight excluding hydrogens is 273 g/mol. The average molecular weight is 293 g/mol. The second-order valence-corrected chi connectivity index (χ2v) is 4.94. The Labute approximate surface area is 122 Å². The van der Waals surface area contributed by atoms with Crippen LogP contribution in [0.25, 0.3) is 11.0 Å². The highest BCUT2D eigenvalue weighted by molar-refractivity contribution is 5.76. The lowest BCUT2D eigenvalue weighted by molar-refractivity contribution is -0.139. The lowest BCUT2D eigenvalue weighted by atomic mass is 10.2. The molecular formula is C15H20FN3O2. The van der Waals surface area contributed by atoms with E-state index in [1.54, 1.807) is 6.07 Å².